The third kappa shape index (κ3) is 4.71. The quantitative estimate of drug-likeness (QED) is 0.748. The van der Waals surface area contributed by atoms with Crippen molar-refractivity contribution in [2.24, 2.45) is 0 Å². The fourth-order valence-electron chi connectivity index (χ4n) is 1.69. The predicted molar refractivity (Wildman–Crippen MR) is 72.4 cm³/mol. The number of carbonyl (C=O) groups is 1. The van der Waals surface area contributed by atoms with E-state index in [1.807, 2.05) is 23.1 Å². The normalized spacial score (nSPS) is 18.6. The number of hydrogen-bond acceptors (Lipinski definition) is 3. The number of aromatic nitrogens is 1. The molecule has 0 saturated carbocycles. The summed E-state index contributed by atoms with van der Waals surface area (Å²) in [5.74, 6) is 0. The van der Waals surface area contributed by atoms with E-state index < -0.39 is 0 Å². The zero-order valence-electron chi connectivity index (χ0n) is 11.3. The van der Waals surface area contributed by atoms with E-state index in [2.05, 4.69) is 17.2 Å². The van der Waals surface area contributed by atoms with Crippen molar-refractivity contribution in [3.63, 3.8) is 0 Å². The van der Waals surface area contributed by atoms with Crippen molar-refractivity contribution in [2.75, 3.05) is 33.7 Å². The lowest BCUT2D eigenvalue weighted by Gasteiger charge is -2.35. The van der Waals surface area contributed by atoms with Gasteiger partial charge in [-0.15, -0.1) is 0 Å². The Morgan fingerprint density at radius 2 is 2.00 bits per heavy atom. The van der Waals surface area contributed by atoms with Crippen molar-refractivity contribution in [3.8, 4) is 0 Å². The first kappa shape index (κ1) is 14.4. The highest BCUT2D eigenvalue weighted by molar-refractivity contribution is 5.74. The molecule has 1 aromatic rings. The summed E-state index contributed by atoms with van der Waals surface area (Å²) < 4.78 is 0. The Hall–Kier alpha value is -1.62. The lowest BCUT2D eigenvalue weighted by atomic mass is 10.2. The summed E-state index contributed by atoms with van der Waals surface area (Å²) in [7, 11) is 3.58. The number of nitrogens with zero attached hydrogens (tertiary/aromatic N) is 3. The van der Waals surface area contributed by atoms with Gasteiger partial charge in [-0.1, -0.05) is 6.07 Å². The second-order valence-corrected chi connectivity index (χ2v) is 4.45. The Morgan fingerprint density at radius 1 is 1.33 bits per heavy atom. The highest BCUT2D eigenvalue weighted by atomic mass is 16.2. The maximum absolute atomic E-state index is 11.5. The number of pyridine rings is 1. The van der Waals surface area contributed by atoms with Crippen LogP contribution in [0.25, 0.3) is 0 Å². The molecule has 2 heterocycles. The molecule has 100 valence electrons. The predicted octanol–water partition coefficient (Wildman–Crippen LogP) is 1.04. The number of piperazine rings is 1. The van der Waals surface area contributed by atoms with Gasteiger partial charge in [-0.05, 0) is 19.1 Å². The minimum Gasteiger partial charge on any atom is -0.331 e. The number of nitrogens with one attached hydrogen (secondary N) is 1. The van der Waals surface area contributed by atoms with E-state index in [0.29, 0.717) is 6.04 Å². The minimum atomic E-state index is 0.115. The molecule has 1 fully saturated rings. The molecule has 0 spiro atoms. The fourth-order valence-corrected chi connectivity index (χ4v) is 1.69. The molecule has 1 saturated heterocycles. The SMILES string of the molecule is CC1CNCCN1C(=O)N(C)C.c1ccncc1. The lowest BCUT2D eigenvalue weighted by Crippen LogP contribution is -2.54. The van der Waals surface area contributed by atoms with Crippen molar-refractivity contribution in [1.82, 2.24) is 20.1 Å². The number of hydrogen-bond donors (Lipinski definition) is 1. The van der Waals surface area contributed by atoms with Crippen LogP contribution in [0.1, 0.15) is 6.92 Å². The van der Waals surface area contributed by atoms with Crippen LogP contribution in [-0.4, -0.2) is 60.6 Å². The second kappa shape index (κ2) is 7.66. The molecule has 0 bridgehead atoms. The van der Waals surface area contributed by atoms with Gasteiger partial charge in [0, 0.05) is 52.2 Å². The van der Waals surface area contributed by atoms with Gasteiger partial charge in [0.2, 0.25) is 0 Å². The molecule has 0 aromatic carbocycles. The molecule has 1 aliphatic rings. The molecule has 0 aliphatic carbocycles. The first-order valence-electron chi connectivity index (χ1n) is 6.16. The van der Waals surface area contributed by atoms with E-state index in [1.54, 1.807) is 31.4 Å². The van der Waals surface area contributed by atoms with Gasteiger partial charge in [0.25, 0.3) is 0 Å². The molecule has 1 unspecified atom stereocenters. The summed E-state index contributed by atoms with van der Waals surface area (Å²) >= 11 is 0. The van der Waals surface area contributed by atoms with Crippen molar-refractivity contribution in [1.29, 1.82) is 0 Å². The molecule has 2 amide bonds. The Morgan fingerprint density at radius 3 is 2.39 bits per heavy atom. The Bertz CT molecular complexity index is 315. The Labute approximate surface area is 109 Å². The summed E-state index contributed by atoms with van der Waals surface area (Å²) in [6, 6.07) is 6.14. The molecular weight excluding hydrogens is 228 g/mol. The van der Waals surface area contributed by atoms with E-state index >= 15 is 0 Å². The summed E-state index contributed by atoms with van der Waals surface area (Å²) in [6.07, 6.45) is 3.50. The first-order chi connectivity index (χ1) is 8.63. The van der Waals surface area contributed by atoms with Crippen LogP contribution < -0.4 is 5.32 Å². The van der Waals surface area contributed by atoms with Crippen LogP contribution in [0, 0.1) is 0 Å². The van der Waals surface area contributed by atoms with Crippen LogP contribution in [0.2, 0.25) is 0 Å². The molecule has 5 heteroatoms. The second-order valence-electron chi connectivity index (χ2n) is 4.45. The molecule has 1 N–H and O–H groups in total. The molecule has 0 radical (unpaired) electrons. The highest BCUT2D eigenvalue weighted by Gasteiger charge is 2.23. The summed E-state index contributed by atoms with van der Waals surface area (Å²) in [4.78, 5) is 18.8. The van der Waals surface area contributed by atoms with E-state index in [-0.39, 0.29) is 6.03 Å². The van der Waals surface area contributed by atoms with Gasteiger partial charge in [0.1, 0.15) is 0 Å². The summed E-state index contributed by atoms with van der Waals surface area (Å²) in [5, 5.41) is 3.25. The molecule has 18 heavy (non-hydrogen) atoms. The van der Waals surface area contributed by atoms with Crippen molar-refractivity contribution in [2.45, 2.75) is 13.0 Å². The summed E-state index contributed by atoms with van der Waals surface area (Å²) in [6.45, 7) is 4.69. The fraction of sp³-hybridized carbons (Fsp3) is 0.538. The van der Waals surface area contributed by atoms with Crippen LogP contribution in [0.15, 0.2) is 30.6 Å². The van der Waals surface area contributed by atoms with Gasteiger partial charge in [0.05, 0.1) is 0 Å². The van der Waals surface area contributed by atoms with Crippen LogP contribution in [-0.2, 0) is 0 Å². The molecule has 2 rings (SSSR count). The average molecular weight is 250 g/mol. The van der Waals surface area contributed by atoms with Gasteiger partial charge in [0.15, 0.2) is 0 Å². The maximum Gasteiger partial charge on any atom is 0.319 e. The summed E-state index contributed by atoms with van der Waals surface area (Å²) in [5.41, 5.74) is 0. The number of carbonyl (C=O) groups excluding carboxylic acids is 1. The van der Waals surface area contributed by atoms with E-state index in [0.717, 1.165) is 19.6 Å². The zero-order valence-corrected chi connectivity index (χ0v) is 11.3. The number of rotatable bonds is 0. The van der Waals surface area contributed by atoms with Gasteiger partial charge in [-0.3, -0.25) is 4.98 Å². The molecule has 1 aliphatic heterocycles. The van der Waals surface area contributed by atoms with Crippen LogP contribution >= 0.6 is 0 Å². The number of amides is 2. The molecular formula is C13H22N4O. The first-order valence-corrected chi connectivity index (χ1v) is 6.16. The van der Waals surface area contributed by atoms with Gasteiger partial charge in [-0.25, -0.2) is 4.79 Å². The monoisotopic (exact) mass is 250 g/mol. The Balaban J connectivity index is 0.000000225. The lowest BCUT2D eigenvalue weighted by molar-refractivity contribution is 0.141. The van der Waals surface area contributed by atoms with E-state index in [9.17, 15) is 4.79 Å². The standard InChI is InChI=1S/C8H17N3O.C5H5N/c1-7-6-9-4-5-11(7)8(12)10(2)3;1-2-4-6-5-3-1/h7,9H,4-6H2,1-3H3;1-5H. The van der Waals surface area contributed by atoms with E-state index in [4.69, 9.17) is 0 Å². The van der Waals surface area contributed by atoms with Crippen molar-refractivity contribution >= 4 is 6.03 Å². The Kier molecular flexibility index (Phi) is 6.14. The molecule has 5 nitrogen and oxygen atoms in total. The third-order valence-electron chi connectivity index (χ3n) is 2.70. The smallest absolute Gasteiger partial charge is 0.319 e. The maximum atomic E-state index is 11.5. The van der Waals surface area contributed by atoms with Gasteiger partial charge in [-0.2, -0.15) is 0 Å². The highest BCUT2D eigenvalue weighted by Crippen LogP contribution is 2.04. The molecule has 1 atom stereocenters. The van der Waals surface area contributed by atoms with Gasteiger partial charge >= 0.3 is 6.03 Å². The van der Waals surface area contributed by atoms with Crippen molar-refractivity contribution < 1.29 is 4.79 Å². The van der Waals surface area contributed by atoms with Crippen LogP contribution in [0.5, 0.6) is 0 Å². The molecule has 1 aromatic heterocycles. The van der Waals surface area contributed by atoms with E-state index in [1.165, 1.54) is 0 Å². The van der Waals surface area contributed by atoms with Crippen molar-refractivity contribution in [3.05, 3.63) is 30.6 Å². The average Bonchev–Trinajstić information content (AvgIpc) is 2.41. The zero-order chi connectivity index (χ0) is 13.4. The number of urea groups is 1. The minimum absolute atomic E-state index is 0.115. The van der Waals surface area contributed by atoms with Crippen LogP contribution in [0.3, 0.4) is 0 Å². The topological polar surface area (TPSA) is 48.5 Å². The van der Waals surface area contributed by atoms with Gasteiger partial charge < -0.3 is 15.1 Å². The largest absolute Gasteiger partial charge is 0.331 e. The van der Waals surface area contributed by atoms with Crippen LogP contribution in [0.4, 0.5) is 4.79 Å². The third-order valence-corrected chi connectivity index (χ3v) is 2.70.